The molecule has 0 saturated heterocycles. The van der Waals surface area contributed by atoms with Crippen LogP contribution in [0.3, 0.4) is 0 Å². The van der Waals surface area contributed by atoms with Gasteiger partial charge in [-0.15, -0.1) is 0 Å². The number of benzene rings is 1. The Morgan fingerprint density at radius 2 is 1.83 bits per heavy atom. The van der Waals surface area contributed by atoms with E-state index in [1.807, 2.05) is 0 Å². The second kappa shape index (κ2) is 6.79. The molecule has 0 atom stereocenters. The van der Waals surface area contributed by atoms with Gasteiger partial charge in [0.15, 0.2) is 0 Å². The Morgan fingerprint density at radius 3 is 2.44 bits per heavy atom. The molecule has 0 fully saturated rings. The average molecular weight is 249 g/mol. The van der Waals surface area contributed by atoms with Crippen LogP contribution in [0.25, 0.3) is 0 Å². The third kappa shape index (κ3) is 4.20. The van der Waals surface area contributed by atoms with Crippen LogP contribution in [-0.2, 0) is 0 Å². The lowest BCUT2D eigenvalue weighted by Crippen LogP contribution is -2.24. The Morgan fingerprint density at radius 1 is 1.17 bits per heavy atom. The maximum absolute atomic E-state index is 11.8. The lowest BCUT2D eigenvalue weighted by Gasteiger charge is -2.06. The summed E-state index contributed by atoms with van der Waals surface area (Å²) in [6, 6.07) is 4.66. The van der Waals surface area contributed by atoms with Crippen LogP contribution < -0.4 is 5.32 Å². The summed E-state index contributed by atoms with van der Waals surface area (Å²) in [4.78, 5) is 22.7. The van der Waals surface area contributed by atoms with Crippen molar-refractivity contribution in [2.75, 3.05) is 6.54 Å². The normalized spacial score (nSPS) is 10.1. The van der Waals surface area contributed by atoms with Crippen LogP contribution >= 0.6 is 0 Å². The van der Waals surface area contributed by atoms with Gasteiger partial charge < -0.3 is 10.4 Å². The predicted octanol–water partition coefficient (Wildman–Crippen LogP) is 2.61. The topological polar surface area (TPSA) is 66.4 Å². The van der Waals surface area contributed by atoms with E-state index >= 15 is 0 Å². The van der Waals surface area contributed by atoms with Crippen molar-refractivity contribution >= 4 is 11.9 Å². The van der Waals surface area contributed by atoms with E-state index in [2.05, 4.69) is 12.2 Å². The summed E-state index contributed by atoms with van der Waals surface area (Å²) in [5.41, 5.74) is 1.33. The maximum atomic E-state index is 11.8. The van der Waals surface area contributed by atoms with Crippen molar-refractivity contribution in [3.8, 4) is 0 Å². The standard InChI is InChI=1S/C14H19NO3/c1-3-4-5-6-15-13(16)11-7-10(2)8-12(9-11)14(17)18/h7-9H,3-6H2,1-2H3,(H,15,16)(H,17,18). The summed E-state index contributed by atoms with van der Waals surface area (Å²) in [6.07, 6.45) is 3.12. The highest BCUT2D eigenvalue weighted by Gasteiger charge is 2.10. The van der Waals surface area contributed by atoms with Crippen molar-refractivity contribution in [3.05, 3.63) is 34.9 Å². The van der Waals surface area contributed by atoms with E-state index in [4.69, 9.17) is 5.11 Å². The minimum absolute atomic E-state index is 0.147. The number of carbonyl (C=O) groups is 2. The smallest absolute Gasteiger partial charge is 0.335 e. The van der Waals surface area contributed by atoms with Crippen LogP contribution in [0.2, 0.25) is 0 Å². The van der Waals surface area contributed by atoms with Crippen LogP contribution in [0.15, 0.2) is 18.2 Å². The quantitative estimate of drug-likeness (QED) is 0.761. The first-order valence-electron chi connectivity index (χ1n) is 6.17. The van der Waals surface area contributed by atoms with Crippen LogP contribution in [-0.4, -0.2) is 23.5 Å². The number of nitrogens with one attached hydrogen (secondary N) is 1. The summed E-state index contributed by atoms with van der Waals surface area (Å²) in [6.45, 7) is 4.50. The van der Waals surface area contributed by atoms with Crippen LogP contribution in [0.5, 0.6) is 0 Å². The predicted molar refractivity (Wildman–Crippen MR) is 70.0 cm³/mol. The maximum Gasteiger partial charge on any atom is 0.335 e. The molecule has 0 aliphatic heterocycles. The largest absolute Gasteiger partial charge is 0.478 e. The van der Waals surface area contributed by atoms with Gasteiger partial charge >= 0.3 is 5.97 Å². The molecule has 4 heteroatoms. The van der Waals surface area contributed by atoms with Gasteiger partial charge in [-0.2, -0.15) is 0 Å². The first-order valence-corrected chi connectivity index (χ1v) is 6.17. The van der Waals surface area contributed by atoms with Gasteiger partial charge in [0.1, 0.15) is 0 Å². The Kier molecular flexibility index (Phi) is 5.36. The Bertz CT molecular complexity index is 441. The SMILES string of the molecule is CCCCCNC(=O)c1cc(C)cc(C(=O)O)c1. The van der Waals surface area contributed by atoms with E-state index in [0.717, 1.165) is 24.8 Å². The summed E-state index contributed by atoms with van der Waals surface area (Å²) in [7, 11) is 0. The van der Waals surface area contributed by atoms with E-state index < -0.39 is 5.97 Å². The van der Waals surface area contributed by atoms with Crippen LogP contribution in [0, 0.1) is 6.92 Å². The van der Waals surface area contributed by atoms with Gasteiger partial charge in [-0.3, -0.25) is 4.79 Å². The first-order chi connectivity index (χ1) is 8.54. The highest BCUT2D eigenvalue weighted by Crippen LogP contribution is 2.10. The van der Waals surface area contributed by atoms with E-state index in [9.17, 15) is 9.59 Å². The molecule has 0 radical (unpaired) electrons. The minimum Gasteiger partial charge on any atom is -0.478 e. The average Bonchev–Trinajstić information content (AvgIpc) is 2.33. The molecule has 4 nitrogen and oxygen atoms in total. The van der Waals surface area contributed by atoms with Crippen molar-refractivity contribution in [1.29, 1.82) is 0 Å². The number of hydrogen-bond acceptors (Lipinski definition) is 2. The van der Waals surface area contributed by atoms with Crippen molar-refractivity contribution in [3.63, 3.8) is 0 Å². The molecule has 1 amide bonds. The Hall–Kier alpha value is -1.84. The molecule has 0 aliphatic carbocycles. The zero-order valence-corrected chi connectivity index (χ0v) is 10.8. The number of hydrogen-bond donors (Lipinski definition) is 2. The zero-order chi connectivity index (χ0) is 13.5. The van der Waals surface area contributed by atoms with Crippen molar-refractivity contribution in [1.82, 2.24) is 5.32 Å². The van der Waals surface area contributed by atoms with Gasteiger partial charge in [0.25, 0.3) is 5.91 Å². The molecule has 0 unspecified atom stereocenters. The van der Waals surface area contributed by atoms with E-state index in [1.165, 1.54) is 6.07 Å². The highest BCUT2D eigenvalue weighted by molar-refractivity contribution is 5.97. The molecule has 2 N–H and O–H groups in total. The van der Waals surface area contributed by atoms with Gasteiger partial charge in [0.05, 0.1) is 5.56 Å². The molecule has 0 aliphatic rings. The van der Waals surface area contributed by atoms with E-state index in [-0.39, 0.29) is 11.5 Å². The summed E-state index contributed by atoms with van der Waals surface area (Å²) in [5, 5.41) is 11.7. The molecular weight excluding hydrogens is 230 g/mol. The lowest BCUT2D eigenvalue weighted by molar-refractivity contribution is 0.0696. The zero-order valence-electron chi connectivity index (χ0n) is 10.8. The Balaban J connectivity index is 2.70. The molecule has 0 bridgehead atoms. The van der Waals surface area contributed by atoms with Crippen molar-refractivity contribution < 1.29 is 14.7 Å². The number of carboxylic acid groups (broad SMARTS) is 1. The fourth-order valence-corrected chi connectivity index (χ4v) is 1.72. The monoisotopic (exact) mass is 249 g/mol. The Labute approximate surface area is 107 Å². The third-order valence-electron chi connectivity index (χ3n) is 2.65. The van der Waals surface area contributed by atoms with Crippen molar-refractivity contribution in [2.45, 2.75) is 33.1 Å². The molecule has 1 aromatic rings. The molecule has 0 aromatic heterocycles. The first kappa shape index (κ1) is 14.2. The second-order valence-corrected chi connectivity index (χ2v) is 4.36. The van der Waals surface area contributed by atoms with Crippen molar-refractivity contribution in [2.24, 2.45) is 0 Å². The van der Waals surface area contributed by atoms with Gasteiger partial charge in [0, 0.05) is 12.1 Å². The fourth-order valence-electron chi connectivity index (χ4n) is 1.72. The van der Waals surface area contributed by atoms with Crippen LogP contribution in [0.1, 0.15) is 52.5 Å². The lowest BCUT2D eigenvalue weighted by atomic mass is 10.1. The molecule has 0 saturated carbocycles. The fraction of sp³-hybridized carbons (Fsp3) is 0.429. The van der Waals surface area contributed by atoms with E-state index in [0.29, 0.717) is 12.1 Å². The second-order valence-electron chi connectivity index (χ2n) is 4.36. The number of carboxylic acids is 1. The number of aryl methyl sites for hydroxylation is 1. The number of carbonyl (C=O) groups excluding carboxylic acids is 1. The number of aromatic carboxylic acids is 1. The van der Waals surface area contributed by atoms with Gasteiger partial charge in [-0.1, -0.05) is 19.8 Å². The summed E-state index contributed by atoms with van der Waals surface area (Å²) in [5.74, 6) is -1.23. The molecule has 1 rings (SSSR count). The molecule has 1 aromatic carbocycles. The third-order valence-corrected chi connectivity index (χ3v) is 2.65. The molecular formula is C14H19NO3. The summed E-state index contributed by atoms with van der Waals surface area (Å²) >= 11 is 0. The van der Waals surface area contributed by atoms with E-state index in [1.54, 1.807) is 19.1 Å². The van der Waals surface area contributed by atoms with Gasteiger partial charge in [-0.05, 0) is 37.1 Å². The minimum atomic E-state index is -1.02. The van der Waals surface area contributed by atoms with Gasteiger partial charge in [0.2, 0.25) is 0 Å². The number of amides is 1. The summed E-state index contributed by atoms with van der Waals surface area (Å²) < 4.78 is 0. The highest BCUT2D eigenvalue weighted by atomic mass is 16.4. The van der Waals surface area contributed by atoms with Crippen LogP contribution in [0.4, 0.5) is 0 Å². The molecule has 98 valence electrons. The number of unbranched alkanes of at least 4 members (excludes halogenated alkanes) is 2. The molecule has 0 spiro atoms. The molecule has 0 heterocycles. The van der Waals surface area contributed by atoms with Gasteiger partial charge in [-0.25, -0.2) is 4.79 Å². The molecule has 18 heavy (non-hydrogen) atoms. The number of rotatable bonds is 6.